The lowest BCUT2D eigenvalue weighted by molar-refractivity contribution is -0.141. The van der Waals surface area contributed by atoms with E-state index in [1.165, 1.54) is 12.7 Å². The normalized spacial score (nSPS) is 14.8. The summed E-state index contributed by atoms with van der Waals surface area (Å²) in [6, 6.07) is 10.9. The fraction of sp³-hybridized carbons (Fsp3) is 0.364. The monoisotopic (exact) mass is 436 g/mol. The van der Waals surface area contributed by atoms with E-state index in [2.05, 4.69) is 0 Å². The van der Waals surface area contributed by atoms with Gasteiger partial charge < -0.3 is 23.7 Å². The predicted octanol–water partition coefficient (Wildman–Crippen LogP) is 4.55. The number of rotatable bonds is 6. The molecule has 0 amide bonds. The van der Waals surface area contributed by atoms with Crippen molar-refractivity contribution in [2.75, 3.05) is 27.9 Å². The van der Waals surface area contributed by atoms with Crippen LogP contribution in [0.5, 0.6) is 23.0 Å². The summed E-state index contributed by atoms with van der Waals surface area (Å²) < 4.78 is 25.0. The Morgan fingerprint density at radius 1 is 1.00 bits per heavy atom. The molecule has 1 heterocycles. The van der Waals surface area contributed by atoms with Crippen LogP contribution in [0.4, 0.5) is 4.79 Å². The van der Waals surface area contributed by atoms with Crippen LogP contribution in [0.2, 0.25) is 0 Å². The van der Waals surface area contributed by atoms with Crippen molar-refractivity contribution >= 4 is 23.0 Å². The standard InChI is InChI=1S/C13H13ClO5.C9H12O2/c1-17-11-7-8(2-3-10(11)19-13(14)16)6-9-4-5-18-12(9)15;1-7-4-5-8(10-2)9(6-7)11-3/h2-3,7,9H,4-6H2,1H3;4-6H,1-3H3/t9-;/m0./s1. The first-order valence-corrected chi connectivity index (χ1v) is 9.65. The Balaban J connectivity index is 0.000000248. The van der Waals surface area contributed by atoms with E-state index < -0.39 is 5.43 Å². The number of esters is 1. The first kappa shape index (κ1) is 23.3. The molecule has 0 radical (unpaired) electrons. The second-order valence-corrected chi connectivity index (χ2v) is 6.85. The van der Waals surface area contributed by atoms with E-state index in [1.54, 1.807) is 32.4 Å². The van der Waals surface area contributed by atoms with E-state index in [1.807, 2.05) is 25.1 Å². The predicted molar refractivity (Wildman–Crippen MR) is 112 cm³/mol. The van der Waals surface area contributed by atoms with Crippen LogP contribution in [-0.2, 0) is 16.0 Å². The molecular formula is C22H25ClO7. The average Bonchev–Trinajstić information content (AvgIpc) is 3.13. The number of halogens is 1. The molecule has 0 spiro atoms. The molecule has 1 saturated heterocycles. The Bertz CT molecular complexity index is 882. The van der Waals surface area contributed by atoms with Gasteiger partial charge in [-0.15, -0.1) is 0 Å². The Labute approximate surface area is 180 Å². The van der Waals surface area contributed by atoms with Gasteiger partial charge in [0.15, 0.2) is 23.0 Å². The zero-order valence-corrected chi connectivity index (χ0v) is 18.2. The molecule has 0 aliphatic carbocycles. The fourth-order valence-electron chi connectivity index (χ4n) is 2.96. The fourth-order valence-corrected chi connectivity index (χ4v) is 3.04. The molecule has 0 bridgehead atoms. The van der Waals surface area contributed by atoms with Crippen LogP contribution in [0, 0.1) is 12.8 Å². The highest BCUT2D eigenvalue weighted by atomic mass is 35.5. The average molecular weight is 437 g/mol. The summed E-state index contributed by atoms with van der Waals surface area (Å²) in [4.78, 5) is 22.1. The molecule has 2 aromatic rings. The molecule has 1 fully saturated rings. The number of aryl methyl sites for hydroxylation is 1. The van der Waals surface area contributed by atoms with Crippen LogP contribution < -0.4 is 18.9 Å². The van der Waals surface area contributed by atoms with Crippen molar-refractivity contribution in [3.63, 3.8) is 0 Å². The zero-order valence-electron chi connectivity index (χ0n) is 17.4. The summed E-state index contributed by atoms with van der Waals surface area (Å²) in [5.41, 5.74) is 1.16. The molecule has 30 heavy (non-hydrogen) atoms. The van der Waals surface area contributed by atoms with Crippen LogP contribution in [0.1, 0.15) is 17.5 Å². The van der Waals surface area contributed by atoms with Gasteiger partial charge in [-0.3, -0.25) is 4.79 Å². The SMILES string of the molecule is COc1cc(C[C@@H]2CCOC2=O)ccc1OC(=O)Cl.COc1ccc(C)cc1OC. The number of ether oxygens (including phenoxy) is 5. The van der Waals surface area contributed by atoms with Gasteiger partial charge in [-0.05, 0) is 55.2 Å². The number of carbonyl (C=O) groups is 2. The van der Waals surface area contributed by atoms with E-state index in [0.717, 1.165) is 23.5 Å². The smallest absolute Gasteiger partial charge is 0.409 e. The number of methoxy groups -OCH3 is 3. The number of cyclic esters (lactones) is 1. The van der Waals surface area contributed by atoms with Crippen molar-refractivity contribution < 1.29 is 33.3 Å². The van der Waals surface area contributed by atoms with Gasteiger partial charge in [0.2, 0.25) is 0 Å². The highest BCUT2D eigenvalue weighted by Gasteiger charge is 2.26. The van der Waals surface area contributed by atoms with Gasteiger partial charge in [-0.25, -0.2) is 4.79 Å². The minimum atomic E-state index is -0.926. The van der Waals surface area contributed by atoms with Crippen LogP contribution in [0.25, 0.3) is 0 Å². The van der Waals surface area contributed by atoms with E-state index in [4.69, 9.17) is 35.3 Å². The molecule has 0 unspecified atom stereocenters. The summed E-state index contributed by atoms with van der Waals surface area (Å²) in [7, 11) is 4.74. The minimum Gasteiger partial charge on any atom is -0.493 e. The van der Waals surface area contributed by atoms with Crippen LogP contribution in [0.3, 0.4) is 0 Å². The Kier molecular flexibility index (Phi) is 8.80. The zero-order chi connectivity index (χ0) is 22.1. The summed E-state index contributed by atoms with van der Waals surface area (Å²) in [5.74, 6) is 1.92. The molecule has 2 aromatic carbocycles. The second kappa shape index (κ2) is 11.3. The van der Waals surface area contributed by atoms with E-state index in [0.29, 0.717) is 18.8 Å². The lowest BCUT2D eigenvalue weighted by Gasteiger charge is -2.10. The van der Waals surface area contributed by atoms with Crippen molar-refractivity contribution in [2.24, 2.45) is 5.92 Å². The van der Waals surface area contributed by atoms with E-state index in [-0.39, 0.29) is 17.6 Å². The Hall–Kier alpha value is -2.93. The highest BCUT2D eigenvalue weighted by molar-refractivity contribution is 6.61. The highest BCUT2D eigenvalue weighted by Crippen LogP contribution is 2.31. The molecule has 1 aliphatic heterocycles. The summed E-state index contributed by atoms with van der Waals surface area (Å²) in [6.45, 7) is 2.49. The van der Waals surface area contributed by atoms with Gasteiger partial charge in [0.25, 0.3) is 0 Å². The first-order valence-electron chi connectivity index (χ1n) is 9.27. The summed E-state index contributed by atoms with van der Waals surface area (Å²) in [5, 5.41) is 0. The number of hydrogen-bond acceptors (Lipinski definition) is 7. The number of hydrogen-bond donors (Lipinski definition) is 0. The van der Waals surface area contributed by atoms with E-state index >= 15 is 0 Å². The number of benzene rings is 2. The summed E-state index contributed by atoms with van der Waals surface area (Å²) >= 11 is 5.16. The van der Waals surface area contributed by atoms with Gasteiger partial charge >= 0.3 is 11.4 Å². The van der Waals surface area contributed by atoms with Crippen LogP contribution >= 0.6 is 11.6 Å². The molecule has 1 aliphatic rings. The first-order chi connectivity index (χ1) is 14.4. The third-order valence-electron chi connectivity index (χ3n) is 4.48. The maximum atomic E-state index is 11.4. The lowest BCUT2D eigenvalue weighted by Crippen LogP contribution is -2.10. The van der Waals surface area contributed by atoms with Crippen molar-refractivity contribution in [1.29, 1.82) is 0 Å². The molecule has 8 heteroatoms. The maximum Gasteiger partial charge on any atom is 0.409 e. The second-order valence-electron chi connectivity index (χ2n) is 6.54. The largest absolute Gasteiger partial charge is 0.493 e. The maximum absolute atomic E-state index is 11.4. The van der Waals surface area contributed by atoms with Gasteiger partial charge in [-0.1, -0.05) is 12.1 Å². The van der Waals surface area contributed by atoms with Gasteiger partial charge in [0.1, 0.15) is 0 Å². The molecule has 0 N–H and O–H groups in total. The van der Waals surface area contributed by atoms with Crippen molar-refractivity contribution in [3.8, 4) is 23.0 Å². The van der Waals surface area contributed by atoms with Gasteiger partial charge in [-0.2, -0.15) is 0 Å². The topological polar surface area (TPSA) is 80.3 Å². The number of carbonyl (C=O) groups excluding carboxylic acids is 2. The molecule has 0 saturated carbocycles. The van der Waals surface area contributed by atoms with Crippen molar-refractivity contribution in [1.82, 2.24) is 0 Å². The molecule has 0 aromatic heterocycles. The van der Waals surface area contributed by atoms with Crippen molar-refractivity contribution in [2.45, 2.75) is 19.8 Å². The van der Waals surface area contributed by atoms with Crippen LogP contribution in [0.15, 0.2) is 36.4 Å². The van der Waals surface area contributed by atoms with Gasteiger partial charge in [0.05, 0.1) is 33.9 Å². The molecular weight excluding hydrogens is 412 g/mol. The molecule has 162 valence electrons. The third kappa shape index (κ3) is 6.56. The van der Waals surface area contributed by atoms with Crippen LogP contribution in [-0.4, -0.2) is 39.3 Å². The lowest BCUT2D eigenvalue weighted by atomic mass is 9.98. The molecule has 1 atom stereocenters. The molecule has 3 rings (SSSR count). The third-order valence-corrected chi connectivity index (χ3v) is 4.56. The Morgan fingerprint density at radius 2 is 1.63 bits per heavy atom. The van der Waals surface area contributed by atoms with Gasteiger partial charge in [0, 0.05) is 11.6 Å². The quantitative estimate of drug-likeness (QED) is 0.485. The molecule has 7 nitrogen and oxygen atoms in total. The minimum absolute atomic E-state index is 0.119. The van der Waals surface area contributed by atoms with Crippen molar-refractivity contribution in [3.05, 3.63) is 47.5 Å². The Morgan fingerprint density at radius 3 is 2.20 bits per heavy atom. The summed E-state index contributed by atoms with van der Waals surface area (Å²) in [6.07, 6.45) is 1.30. The van der Waals surface area contributed by atoms with E-state index in [9.17, 15) is 9.59 Å².